The number of likely N-dealkylation sites (tertiary alicyclic amines) is 1. The summed E-state index contributed by atoms with van der Waals surface area (Å²) in [5, 5.41) is 10.3. The molecule has 106 valence electrons. The molecule has 1 saturated heterocycles. The molecular formula is C15H30N2O. The van der Waals surface area contributed by atoms with Crippen LogP contribution in [-0.2, 0) is 0 Å². The van der Waals surface area contributed by atoms with E-state index in [-0.39, 0.29) is 6.10 Å². The zero-order valence-electron chi connectivity index (χ0n) is 12.3. The maximum Gasteiger partial charge on any atom is 0.0695 e. The van der Waals surface area contributed by atoms with Crippen LogP contribution in [0.3, 0.4) is 0 Å². The van der Waals surface area contributed by atoms with Crippen molar-refractivity contribution >= 4 is 0 Å². The number of piperidine rings is 1. The number of nitrogens with zero attached hydrogens (tertiary/aromatic N) is 2. The van der Waals surface area contributed by atoms with E-state index < -0.39 is 0 Å². The van der Waals surface area contributed by atoms with Gasteiger partial charge >= 0.3 is 0 Å². The summed E-state index contributed by atoms with van der Waals surface area (Å²) >= 11 is 0. The van der Waals surface area contributed by atoms with Crippen molar-refractivity contribution in [3.63, 3.8) is 0 Å². The number of hydrogen-bond acceptors (Lipinski definition) is 3. The van der Waals surface area contributed by atoms with Gasteiger partial charge in [0.1, 0.15) is 0 Å². The molecule has 0 aromatic carbocycles. The van der Waals surface area contributed by atoms with Crippen molar-refractivity contribution in [1.29, 1.82) is 0 Å². The van der Waals surface area contributed by atoms with Crippen LogP contribution in [0.25, 0.3) is 0 Å². The van der Waals surface area contributed by atoms with E-state index >= 15 is 0 Å². The lowest BCUT2D eigenvalue weighted by Crippen LogP contribution is -2.52. The predicted octanol–water partition coefficient (Wildman–Crippen LogP) is 1.95. The van der Waals surface area contributed by atoms with Gasteiger partial charge in [-0.3, -0.25) is 4.90 Å². The molecule has 3 heteroatoms. The molecule has 3 unspecified atom stereocenters. The molecule has 2 rings (SSSR count). The third-order valence-electron chi connectivity index (χ3n) is 5.25. The van der Waals surface area contributed by atoms with Crippen LogP contribution in [-0.4, -0.2) is 60.3 Å². The SMILES string of the molecule is CCC1CCC(O)C(N(C)C2CCN(C)CC2)C1. The molecule has 18 heavy (non-hydrogen) atoms. The molecule has 0 radical (unpaired) electrons. The second-order valence-electron chi connectivity index (χ2n) is 6.42. The standard InChI is InChI=1S/C15H30N2O/c1-4-12-5-6-15(18)14(11-12)17(3)13-7-9-16(2)10-8-13/h12-15,18H,4-11H2,1-3H3. The second-order valence-corrected chi connectivity index (χ2v) is 6.42. The molecule has 2 fully saturated rings. The number of likely N-dealkylation sites (N-methyl/N-ethyl adjacent to an activating group) is 1. The van der Waals surface area contributed by atoms with Gasteiger partial charge in [0.2, 0.25) is 0 Å². The first-order valence-electron chi connectivity index (χ1n) is 7.70. The first-order valence-corrected chi connectivity index (χ1v) is 7.70. The van der Waals surface area contributed by atoms with Crippen LogP contribution in [0.1, 0.15) is 45.4 Å². The molecule has 3 atom stereocenters. The van der Waals surface area contributed by atoms with Gasteiger partial charge in [0, 0.05) is 12.1 Å². The Morgan fingerprint density at radius 2 is 1.83 bits per heavy atom. The maximum absolute atomic E-state index is 10.3. The Morgan fingerprint density at radius 1 is 1.17 bits per heavy atom. The summed E-state index contributed by atoms with van der Waals surface area (Å²) in [6.45, 7) is 4.69. The van der Waals surface area contributed by atoms with E-state index in [4.69, 9.17) is 0 Å². The summed E-state index contributed by atoms with van der Waals surface area (Å²) in [5.41, 5.74) is 0. The normalized spacial score (nSPS) is 36.2. The monoisotopic (exact) mass is 254 g/mol. The summed E-state index contributed by atoms with van der Waals surface area (Å²) < 4.78 is 0. The number of aliphatic hydroxyl groups excluding tert-OH is 1. The smallest absolute Gasteiger partial charge is 0.0695 e. The topological polar surface area (TPSA) is 26.7 Å². The first kappa shape index (κ1) is 14.3. The van der Waals surface area contributed by atoms with Crippen LogP contribution in [0.2, 0.25) is 0 Å². The van der Waals surface area contributed by atoms with Crippen molar-refractivity contribution in [1.82, 2.24) is 9.80 Å². The fourth-order valence-electron chi connectivity index (χ4n) is 3.70. The minimum absolute atomic E-state index is 0.0996. The average Bonchev–Trinajstić information content (AvgIpc) is 2.39. The van der Waals surface area contributed by atoms with Gasteiger partial charge in [-0.15, -0.1) is 0 Å². The Morgan fingerprint density at radius 3 is 2.44 bits per heavy atom. The Kier molecular flexibility index (Phi) is 5.05. The summed E-state index contributed by atoms with van der Waals surface area (Å²) in [6, 6.07) is 1.08. The molecule has 0 bridgehead atoms. The highest BCUT2D eigenvalue weighted by Gasteiger charge is 2.34. The first-order chi connectivity index (χ1) is 8.61. The van der Waals surface area contributed by atoms with Crippen LogP contribution < -0.4 is 0 Å². The Labute approximate surface area is 112 Å². The predicted molar refractivity (Wildman–Crippen MR) is 75.7 cm³/mol. The van der Waals surface area contributed by atoms with Crippen molar-refractivity contribution in [2.75, 3.05) is 27.2 Å². The lowest BCUT2D eigenvalue weighted by Gasteiger charge is -2.44. The molecule has 1 aliphatic heterocycles. The van der Waals surface area contributed by atoms with Gasteiger partial charge in [0.05, 0.1) is 6.10 Å². The Bertz CT molecular complexity index is 251. The molecule has 1 N–H and O–H groups in total. The van der Waals surface area contributed by atoms with Crippen molar-refractivity contribution in [3.05, 3.63) is 0 Å². The van der Waals surface area contributed by atoms with E-state index in [0.717, 1.165) is 12.3 Å². The van der Waals surface area contributed by atoms with Crippen LogP contribution in [0.15, 0.2) is 0 Å². The average molecular weight is 254 g/mol. The zero-order chi connectivity index (χ0) is 13.1. The zero-order valence-corrected chi connectivity index (χ0v) is 12.3. The van der Waals surface area contributed by atoms with Crippen molar-refractivity contribution in [3.8, 4) is 0 Å². The van der Waals surface area contributed by atoms with Gasteiger partial charge in [-0.05, 0) is 65.2 Å². The molecule has 1 heterocycles. The summed E-state index contributed by atoms with van der Waals surface area (Å²) in [7, 11) is 4.45. The van der Waals surface area contributed by atoms with Gasteiger partial charge in [0.25, 0.3) is 0 Å². The third kappa shape index (κ3) is 3.25. The Hall–Kier alpha value is -0.120. The lowest BCUT2D eigenvalue weighted by atomic mass is 9.81. The summed E-state index contributed by atoms with van der Waals surface area (Å²) in [5.74, 6) is 0.826. The number of rotatable bonds is 3. The minimum Gasteiger partial charge on any atom is -0.391 e. The van der Waals surface area contributed by atoms with Gasteiger partial charge < -0.3 is 10.0 Å². The molecule has 0 aromatic rings. The highest BCUT2D eigenvalue weighted by atomic mass is 16.3. The van der Waals surface area contributed by atoms with Crippen LogP contribution in [0, 0.1) is 5.92 Å². The lowest BCUT2D eigenvalue weighted by molar-refractivity contribution is -0.0148. The van der Waals surface area contributed by atoms with Crippen LogP contribution in [0.5, 0.6) is 0 Å². The van der Waals surface area contributed by atoms with Gasteiger partial charge in [-0.25, -0.2) is 0 Å². The molecule has 1 aliphatic carbocycles. The number of aliphatic hydroxyl groups is 1. The van der Waals surface area contributed by atoms with Crippen molar-refractivity contribution < 1.29 is 5.11 Å². The van der Waals surface area contributed by atoms with Crippen molar-refractivity contribution in [2.45, 2.75) is 63.6 Å². The molecule has 3 nitrogen and oxygen atoms in total. The highest BCUT2D eigenvalue weighted by molar-refractivity contribution is 4.89. The van der Waals surface area contributed by atoms with E-state index in [0.29, 0.717) is 12.1 Å². The molecule has 2 aliphatic rings. The fourth-order valence-corrected chi connectivity index (χ4v) is 3.70. The van der Waals surface area contributed by atoms with E-state index in [1.807, 2.05) is 0 Å². The van der Waals surface area contributed by atoms with E-state index in [1.54, 1.807) is 0 Å². The fraction of sp³-hybridized carbons (Fsp3) is 1.00. The van der Waals surface area contributed by atoms with E-state index in [1.165, 1.54) is 45.2 Å². The van der Waals surface area contributed by atoms with E-state index in [2.05, 4.69) is 30.8 Å². The molecule has 0 spiro atoms. The van der Waals surface area contributed by atoms with Gasteiger partial charge in [-0.1, -0.05) is 13.3 Å². The van der Waals surface area contributed by atoms with Crippen molar-refractivity contribution in [2.24, 2.45) is 5.92 Å². The Balaban J connectivity index is 1.91. The summed E-state index contributed by atoms with van der Waals surface area (Å²) in [4.78, 5) is 4.91. The summed E-state index contributed by atoms with van der Waals surface area (Å²) in [6.07, 6.45) is 7.10. The molecule has 1 saturated carbocycles. The van der Waals surface area contributed by atoms with Crippen LogP contribution >= 0.6 is 0 Å². The van der Waals surface area contributed by atoms with E-state index in [9.17, 15) is 5.11 Å². The largest absolute Gasteiger partial charge is 0.391 e. The third-order valence-corrected chi connectivity index (χ3v) is 5.25. The minimum atomic E-state index is -0.0996. The van der Waals surface area contributed by atoms with Crippen LogP contribution in [0.4, 0.5) is 0 Å². The maximum atomic E-state index is 10.3. The highest BCUT2D eigenvalue weighted by Crippen LogP contribution is 2.31. The molecule has 0 amide bonds. The second kappa shape index (κ2) is 6.36. The molecular weight excluding hydrogens is 224 g/mol. The van der Waals surface area contributed by atoms with Gasteiger partial charge in [0.15, 0.2) is 0 Å². The number of hydrogen-bond donors (Lipinski definition) is 1. The quantitative estimate of drug-likeness (QED) is 0.834. The van der Waals surface area contributed by atoms with Gasteiger partial charge in [-0.2, -0.15) is 0 Å². The molecule has 0 aromatic heterocycles.